The quantitative estimate of drug-likeness (QED) is 0.326. The number of nitrogens with zero attached hydrogens (tertiary/aromatic N) is 5. The Bertz CT molecular complexity index is 1320. The van der Waals surface area contributed by atoms with Crippen molar-refractivity contribution in [2.45, 2.75) is 32.2 Å². The van der Waals surface area contributed by atoms with Crippen LogP contribution >= 0.6 is 11.6 Å². The average Bonchev–Trinajstić information content (AvgIpc) is 3.46. The minimum Gasteiger partial charge on any atom is -0.478 e. The Kier molecular flexibility index (Phi) is 9.27. The number of anilines is 1. The Labute approximate surface area is 230 Å². The van der Waals surface area contributed by atoms with Crippen molar-refractivity contribution in [3.05, 3.63) is 71.0 Å². The predicted octanol–water partition coefficient (Wildman–Crippen LogP) is 3.27. The summed E-state index contributed by atoms with van der Waals surface area (Å²) in [7, 11) is 0. The van der Waals surface area contributed by atoms with Crippen molar-refractivity contribution in [1.82, 2.24) is 30.4 Å². The number of likely N-dealkylation sites (tertiary alicyclic amines) is 1. The molecule has 39 heavy (non-hydrogen) atoms. The Hall–Kier alpha value is -4.25. The van der Waals surface area contributed by atoms with Crippen molar-refractivity contribution in [3.63, 3.8) is 0 Å². The van der Waals surface area contributed by atoms with E-state index in [-0.39, 0.29) is 23.4 Å². The lowest BCUT2D eigenvalue weighted by Crippen LogP contribution is -2.43. The first kappa shape index (κ1) is 27.8. The fraction of sp³-hybridized carbons (Fsp3) is 0.333. The number of amides is 2. The summed E-state index contributed by atoms with van der Waals surface area (Å²) in [5.74, 6) is -0.826. The molecule has 2 amide bonds. The summed E-state index contributed by atoms with van der Waals surface area (Å²) in [4.78, 5) is 37.7. The van der Waals surface area contributed by atoms with Gasteiger partial charge in [-0.25, -0.2) is 4.79 Å². The SMILES string of the molecule is CC(=O)N1CCC(CC(CNc2ccc(C(=O)O)cc2)NC(=O)/C=C/c2cc(Cl)ccc2-n2cnnn2)CC1. The molecule has 3 N–H and O–H groups in total. The van der Waals surface area contributed by atoms with Crippen LogP contribution in [-0.2, 0) is 9.59 Å². The average molecular weight is 552 g/mol. The molecule has 2 heterocycles. The lowest BCUT2D eigenvalue weighted by atomic mass is 9.90. The molecular weight excluding hydrogens is 522 g/mol. The van der Waals surface area contributed by atoms with Gasteiger partial charge in [0.05, 0.1) is 11.3 Å². The number of aromatic nitrogens is 4. The molecule has 1 atom stereocenters. The van der Waals surface area contributed by atoms with Crippen LogP contribution in [0.15, 0.2) is 54.9 Å². The van der Waals surface area contributed by atoms with Crippen molar-refractivity contribution in [2.24, 2.45) is 5.92 Å². The van der Waals surface area contributed by atoms with E-state index in [9.17, 15) is 14.4 Å². The maximum atomic E-state index is 13.0. The van der Waals surface area contributed by atoms with Crippen LogP contribution in [0.25, 0.3) is 11.8 Å². The second-order valence-electron chi connectivity index (χ2n) is 9.44. The minimum atomic E-state index is -0.988. The van der Waals surface area contributed by atoms with E-state index in [1.54, 1.807) is 43.3 Å². The summed E-state index contributed by atoms with van der Waals surface area (Å²) in [6.45, 7) is 3.45. The van der Waals surface area contributed by atoms with Crippen LogP contribution < -0.4 is 10.6 Å². The van der Waals surface area contributed by atoms with Gasteiger partial charge in [0.2, 0.25) is 11.8 Å². The number of hydrogen-bond donors (Lipinski definition) is 3. The van der Waals surface area contributed by atoms with Crippen molar-refractivity contribution in [2.75, 3.05) is 25.0 Å². The number of hydrogen-bond acceptors (Lipinski definition) is 7. The summed E-state index contributed by atoms with van der Waals surface area (Å²) in [5, 5.41) is 27.3. The van der Waals surface area contributed by atoms with Crippen molar-refractivity contribution < 1.29 is 19.5 Å². The van der Waals surface area contributed by atoms with Crippen molar-refractivity contribution in [3.8, 4) is 5.69 Å². The second kappa shape index (κ2) is 13.0. The molecule has 1 saturated heterocycles. The number of halogens is 1. The molecule has 0 radical (unpaired) electrons. The van der Waals surface area contributed by atoms with Gasteiger partial charge in [-0.3, -0.25) is 9.59 Å². The Morgan fingerprint density at radius 3 is 2.54 bits per heavy atom. The van der Waals surface area contributed by atoms with Crippen LogP contribution in [0.1, 0.15) is 42.1 Å². The Morgan fingerprint density at radius 2 is 1.90 bits per heavy atom. The van der Waals surface area contributed by atoms with Crippen LogP contribution in [0.4, 0.5) is 5.69 Å². The number of carboxylic acids is 1. The third-order valence-electron chi connectivity index (χ3n) is 6.71. The zero-order chi connectivity index (χ0) is 27.8. The molecule has 0 spiro atoms. The largest absolute Gasteiger partial charge is 0.478 e. The molecule has 1 aromatic heterocycles. The van der Waals surface area contributed by atoms with Crippen molar-refractivity contribution in [1.29, 1.82) is 0 Å². The van der Waals surface area contributed by atoms with Gasteiger partial charge < -0.3 is 20.6 Å². The van der Waals surface area contributed by atoms with Crippen LogP contribution in [0.5, 0.6) is 0 Å². The van der Waals surface area contributed by atoms with E-state index in [2.05, 4.69) is 26.2 Å². The Morgan fingerprint density at radius 1 is 1.15 bits per heavy atom. The number of piperidine rings is 1. The first-order valence-corrected chi connectivity index (χ1v) is 13.0. The molecule has 12 heteroatoms. The summed E-state index contributed by atoms with van der Waals surface area (Å²) < 4.78 is 1.49. The molecule has 1 fully saturated rings. The fourth-order valence-corrected chi connectivity index (χ4v) is 4.79. The van der Waals surface area contributed by atoms with E-state index in [0.717, 1.165) is 24.9 Å². The molecule has 0 bridgehead atoms. The number of nitrogens with one attached hydrogen (secondary N) is 2. The van der Waals surface area contributed by atoms with Gasteiger partial charge in [-0.15, -0.1) is 5.10 Å². The van der Waals surface area contributed by atoms with Crippen LogP contribution in [-0.4, -0.2) is 73.7 Å². The highest BCUT2D eigenvalue weighted by atomic mass is 35.5. The molecule has 1 unspecified atom stereocenters. The summed E-state index contributed by atoms with van der Waals surface area (Å²) in [6, 6.07) is 11.5. The number of carboxylic acid groups (broad SMARTS) is 1. The number of carbonyl (C=O) groups is 3. The number of tetrazole rings is 1. The lowest BCUT2D eigenvalue weighted by molar-refractivity contribution is -0.130. The number of aromatic carboxylic acids is 1. The summed E-state index contributed by atoms with van der Waals surface area (Å²) in [6.07, 6.45) is 7.05. The van der Waals surface area contributed by atoms with Gasteiger partial charge in [0.15, 0.2) is 0 Å². The topological polar surface area (TPSA) is 142 Å². The fourth-order valence-electron chi connectivity index (χ4n) is 4.60. The minimum absolute atomic E-state index is 0.0805. The summed E-state index contributed by atoms with van der Waals surface area (Å²) >= 11 is 6.18. The maximum Gasteiger partial charge on any atom is 0.335 e. The van der Waals surface area contributed by atoms with Gasteiger partial charge in [-0.2, -0.15) is 4.68 Å². The van der Waals surface area contributed by atoms with Gasteiger partial charge >= 0.3 is 5.97 Å². The van der Waals surface area contributed by atoms with Gasteiger partial charge in [0, 0.05) is 54.9 Å². The van der Waals surface area contributed by atoms with Crippen LogP contribution in [0.2, 0.25) is 5.02 Å². The van der Waals surface area contributed by atoms with E-state index in [0.29, 0.717) is 41.8 Å². The highest BCUT2D eigenvalue weighted by molar-refractivity contribution is 6.30. The van der Waals surface area contributed by atoms with Crippen LogP contribution in [0, 0.1) is 5.92 Å². The van der Waals surface area contributed by atoms with Gasteiger partial charge in [0.1, 0.15) is 6.33 Å². The monoisotopic (exact) mass is 551 g/mol. The molecule has 2 aromatic carbocycles. The molecule has 204 valence electrons. The van der Waals surface area contributed by atoms with E-state index < -0.39 is 5.97 Å². The van der Waals surface area contributed by atoms with E-state index in [1.165, 1.54) is 29.2 Å². The highest BCUT2D eigenvalue weighted by Crippen LogP contribution is 2.23. The first-order chi connectivity index (χ1) is 18.8. The number of carbonyl (C=O) groups excluding carboxylic acids is 2. The van der Waals surface area contributed by atoms with E-state index in [4.69, 9.17) is 16.7 Å². The van der Waals surface area contributed by atoms with E-state index >= 15 is 0 Å². The standard InChI is InChI=1S/C27H30ClN7O4/c1-18(36)34-12-10-19(11-13-34)14-24(16-29-23-6-2-20(3-7-23)27(38)39)31-26(37)9-4-21-15-22(28)5-8-25(21)35-17-30-32-33-35/h2-9,15,17,19,24,29H,10-14,16H2,1H3,(H,31,37)(H,38,39)/b9-4+. The van der Waals surface area contributed by atoms with Crippen LogP contribution in [0.3, 0.4) is 0 Å². The zero-order valence-corrected chi connectivity index (χ0v) is 22.2. The van der Waals surface area contributed by atoms with Gasteiger partial charge in [-0.05, 0) is 84.1 Å². The molecule has 0 aliphatic carbocycles. The molecule has 0 saturated carbocycles. The molecule has 4 rings (SSSR count). The highest BCUT2D eigenvalue weighted by Gasteiger charge is 2.24. The molecular formula is C27H30ClN7O4. The van der Waals surface area contributed by atoms with Gasteiger partial charge in [-0.1, -0.05) is 11.6 Å². The molecule has 1 aliphatic heterocycles. The Balaban J connectivity index is 1.44. The second-order valence-corrected chi connectivity index (χ2v) is 9.88. The molecule has 3 aromatic rings. The molecule has 11 nitrogen and oxygen atoms in total. The number of rotatable bonds is 10. The maximum absolute atomic E-state index is 13.0. The number of benzene rings is 2. The van der Waals surface area contributed by atoms with Crippen molar-refractivity contribution >= 4 is 41.1 Å². The third kappa shape index (κ3) is 7.87. The normalized spacial score (nSPS) is 14.8. The first-order valence-electron chi connectivity index (χ1n) is 12.6. The van der Waals surface area contributed by atoms with Gasteiger partial charge in [0.25, 0.3) is 0 Å². The lowest BCUT2D eigenvalue weighted by Gasteiger charge is -2.33. The third-order valence-corrected chi connectivity index (χ3v) is 6.94. The zero-order valence-electron chi connectivity index (χ0n) is 21.5. The smallest absolute Gasteiger partial charge is 0.335 e. The summed E-state index contributed by atoms with van der Waals surface area (Å²) in [5.41, 5.74) is 2.31. The predicted molar refractivity (Wildman–Crippen MR) is 147 cm³/mol. The molecule has 1 aliphatic rings. The van der Waals surface area contributed by atoms with E-state index in [1.807, 2.05) is 4.90 Å².